The fourth-order valence-electron chi connectivity index (χ4n) is 2.75. The zero-order chi connectivity index (χ0) is 17.1. The minimum atomic E-state index is -0.975. The fraction of sp³-hybridized carbons (Fsp3) is 0.316. The Balaban J connectivity index is 2.26. The highest BCUT2D eigenvalue weighted by Crippen LogP contribution is 2.24. The molecule has 0 aliphatic heterocycles. The summed E-state index contributed by atoms with van der Waals surface area (Å²) in [5.74, 6) is -0.460. The Kier molecular flexibility index (Phi) is 5.32. The van der Waals surface area contributed by atoms with E-state index in [-0.39, 0.29) is 0 Å². The van der Waals surface area contributed by atoms with Crippen molar-refractivity contribution in [1.29, 1.82) is 0 Å². The lowest BCUT2D eigenvalue weighted by atomic mass is 9.95. The molecule has 0 saturated carbocycles. The van der Waals surface area contributed by atoms with Gasteiger partial charge in [0.2, 0.25) is 0 Å². The Labute approximate surface area is 141 Å². The first-order valence-electron chi connectivity index (χ1n) is 7.50. The molecule has 122 valence electrons. The number of halogens is 1. The summed E-state index contributed by atoms with van der Waals surface area (Å²) in [5, 5.41) is 10.1. The molecule has 0 bridgehead atoms. The van der Waals surface area contributed by atoms with Crippen molar-refractivity contribution in [2.75, 3.05) is 0 Å². The molecule has 1 atom stereocenters. The molecule has 0 radical (unpaired) electrons. The van der Waals surface area contributed by atoms with Gasteiger partial charge in [-0.25, -0.2) is 4.79 Å². The van der Waals surface area contributed by atoms with Crippen LogP contribution in [-0.4, -0.2) is 17.2 Å². The van der Waals surface area contributed by atoms with E-state index >= 15 is 0 Å². The summed E-state index contributed by atoms with van der Waals surface area (Å²) in [6.45, 7) is 7.89. The SMILES string of the molecule is Cc1cc(C)c(C[C@@H](Oc2ccc(Cl)c(C)c2)C(=O)O)c(C)c1. The number of carbonyl (C=O) groups is 1. The topological polar surface area (TPSA) is 46.5 Å². The van der Waals surface area contributed by atoms with E-state index in [1.54, 1.807) is 18.2 Å². The van der Waals surface area contributed by atoms with Gasteiger partial charge in [-0.2, -0.15) is 0 Å². The first kappa shape index (κ1) is 17.4. The molecule has 3 nitrogen and oxygen atoms in total. The summed E-state index contributed by atoms with van der Waals surface area (Å²) < 4.78 is 5.70. The molecule has 2 aromatic rings. The smallest absolute Gasteiger partial charge is 0.345 e. The molecule has 0 spiro atoms. The fourth-order valence-corrected chi connectivity index (χ4v) is 2.87. The van der Waals surface area contributed by atoms with E-state index < -0.39 is 12.1 Å². The van der Waals surface area contributed by atoms with Crippen molar-refractivity contribution >= 4 is 17.6 Å². The number of rotatable bonds is 5. The predicted octanol–water partition coefficient (Wildman–Crippen LogP) is 4.65. The Morgan fingerprint density at radius 3 is 2.22 bits per heavy atom. The lowest BCUT2D eigenvalue weighted by Crippen LogP contribution is -2.30. The summed E-state index contributed by atoms with van der Waals surface area (Å²) in [6, 6.07) is 9.29. The van der Waals surface area contributed by atoms with Gasteiger partial charge in [-0.1, -0.05) is 29.3 Å². The third-order valence-electron chi connectivity index (χ3n) is 3.91. The van der Waals surface area contributed by atoms with Gasteiger partial charge in [-0.3, -0.25) is 0 Å². The van der Waals surface area contributed by atoms with E-state index in [1.807, 2.05) is 27.7 Å². The van der Waals surface area contributed by atoms with Crippen LogP contribution in [0, 0.1) is 27.7 Å². The van der Waals surface area contributed by atoms with Crippen LogP contribution in [-0.2, 0) is 11.2 Å². The average Bonchev–Trinajstić information content (AvgIpc) is 2.45. The van der Waals surface area contributed by atoms with Gasteiger partial charge in [0.15, 0.2) is 6.10 Å². The second-order valence-corrected chi connectivity index (χ2v) is 6.34. The number of hydrogen-bond donors (Lipinski definition) is 1. The van der Waals surface area contributed by atoms with Crippen LogP contribution in [0.3, 0.4) is 0 Å². The quantitative estimate of drug-likeness (QED) is 0.867. The van der Waals surface area contributed by atoms with Crippen molar-refractivity contribution < 1.29 is 14.6 Å². The van der Waals surface area contributed by atoms with Crippen LogP contribution in [0.4, 0.5) is 0 Å². The van der Waals surface area contributed by atoms with Crippen LogP contribution in [0.25, 0.3) is 0 Å². The Morgan fingerprint density at radius 1 is 1.09 bits per heavy atom. The number of carboxylic acids is 1. The summed E-state index contributed by atoms with van der Waals surface area (Å²) in [4.78, 5) is 11.6. The summed E-state index contributed by atoms with van der Waals surface area (Å²) in [7, 11) is 0. The predicted molar refractivity (Wildman–Crippen MR) is 92.6 cm³/mol. The van der Waals surface area contributed by atoms with Gasteiger partial charge < -0.3 is 9.84 Å². The zero-order valence-electron chi connectivity index (χ0n) is 13.8. The van der Waals surface area contributed by atoms with Gasteiger partial charge in [0.1, 0.15) is 5.75 Å². The summed E-state index contributed by atoms with van der Waals surface area (Å²) >= 11 is 5.99. The van der Waals surface area contributed by atoms with Crippen LogP contribution < -0.4 is 4.74 Å². The summed E-state index contributed by atoms with van der Waals surface area (Å²) in [6.07, 6.45) is -0.606. The van der Waals surface area contributed by atoms with Crippen LogP contribution >= 0.6 is 11.6 Å². The molecule has 0 unspecified atom stereocenters. The second-order valence-electron chi connectivity index (χ2n) is 5.94. The number of carboxylic acid groups (broad SMARTS) is 1. The molecular formula is C19H21ClO3. The summed E-state index contributed by atoms with van der Waals surface area (Å²) in [5.41, 5.74) is 5.23. The molecule has 1 N–H and O–H groups in total. The van der Waals surface area contributed by atoms with Crippen molar-refractivity contribution in [1.82, 2.24) is 0 Å². The van der Waals surface area contributed by atoms with Crippen LogP contribution in [0.15, 0.2) is 30.3 Å². The maximum atomic E-state index is 11.6. The zero-order valence-corrected chi connectivity index (χ0v) is 14.6. The van der Waals surface area contributed by atoms with Crippen LogP contribution in [0.2, 0.25) is 5.02 Å². The lowest BCUT2D eigenvalue weighted by molar-refractivity contribution is -0.145. The molecular weight excluding hydrogens is 312 g/mol. The van der Waals surface area contributed by atoms with Gasteiger partial charge >= 0.3 is 5.97 Å². The van der Waals surface area contributed by atoms with E-state index in [0.717, 1.165) is 22.3 Å². The Morgan fingerprint density at radius 2 is 1.70 bits per heavy atom. The van der Waals surface area contributed by atoms with E-state index in [2.05, 4.69) is 12.1 Å². The first-order valence-corrected chi connectivity index (χ1v) is 7.88. The molecule has 2 aromatic carbocycles. The normalized spacial score (nSPS) is 12.0. The molecule has 0 amide bonds. The second kappa shape index (κ2) is 7.05. The van der Waals surface area contributed by atoms with E-state index in [1.165, 1.54) is 5.56 Å². The average molecular weight is 333 g/mol. The number of ether oxygens (including phenoxy) is 1. The molecule has 0 aliphatic rings. The largest absolute Gasteiger partial charge is 0.478 e. The molecule has 0 fully saturated rings. The Hall–Kier alpha value is -2.00. The number of aryl methyl sites for hydroxylation is 4. The van der Waals surface area contributed by atoms with Crippen molar-refractivity contribution in [3.8, 4) is 5.75 Å². The minimum absolute atomic E-state index is 0.328. The molecule has 23 heavy (non-hydrogen) atoms. The van der Waals surface area contributed by atoms with E-state index in [4.69, 9.17) is 16.3 Å². The number of aliphatic carboxylic acids is 1. The van der Waals surface area contributed by atoms with Gasteiger partial charge in [0.25, 0.3) is 0 Å². The number of hydrogen-bond acceptors (Lipinski definition) is 2. The first-order chi connectivity index (χ1) is 10.8. The molecule has 0 aliphatic carbocycles. The lowest BCUT2D eigenvalue weighted by Gasteiger charge is -2.19. The van der Waals surface area contributed by atoms with Gasteiger partial charge in [-0.05, 0) is 68.1 Å². The molecule has 0 heterocycles. The van der Waals surface area contributed by atoms with Gasteiger partial charge in [0.05, 0.1) is 0 Å². The van der Waals surface area contributed by atoms with Crippen LogP contribution in [0.5, 0.6) is 5.75 Å². The molecule has 4 heteroatoms. The van der Waals surface area contributed by atoms with Crippen molar-refractivity contribution in [3.05, 3.63) is 63.2 Å². The van der Waals surface area contributed by atoms with Crippen LogP contribution in [0.1, 0.15) is 27.8 Å². The maximum Gasteiger partial charge on any atom is 0.345 e. The van der Waals surface area contributed by atoms with E-state index in [0.29, 0.717) is 17.2 Å². The van der Waals surface area contributed by atoms with E-state index in [9.17, 15) is 9.90 Å². The maximum absolute atomic E-state index is 11.6. The third kappa shape index (κ3) is 4.26. The monoisotopic (exact) mass is 332 g/mol. The highest BCUT2D eigenvalue weighted by Gasteiger charge is 2.22. The minimum Gasteiger partial charge on any atom is -0.478 e. The van der Waals surface area contributed by atoms with Crippen molar-refractivity contribution in [3.63, 3.8) is 0 Å². The molecule has 2 rings (SSSR count). The highest BCUT2D eigenvalue weighted by atomic mass is 35.5. The Bertz CT molecular complexity index is 714. The van der Waals surface area contributed by atoms with Crippen molar-refractivity contribution in [2.45, 2.75) is 40.2 Å². The molecule has 0 saturated heterocycles. The third-order valence-corrected chi connectivity index (χ3v) is 4.34. The van der Waals surface area contributed by atoms with Gasteiger partial charge in [-0.15, -0.1) is 0 Å². The number of benzene rings is 2. The standard InChI is InChI=1S/C19H21ClO3/c1-11-7-12(2)16(13(3)8-11)10-18(19(21)22)23-15-5-6-17(20)14(4)9-15/h5-9,18H,10H2,1-4H3,(H,21,22)/t18-/m1/s1. The van der Waals surface area contributed by atoms with Gasteiger partial charge in [0, 0.05) is 11.4 Å². The highest BCUT2D eigenvalue weighted by molar-refractivity contribution is 6.31. The van der Waals surface area contributed by atoms with Crippen molar-refractivity contribution in [2.24, 2.45) is 0 Å². The molecule has 0 aromatic heterocycles.